The van der Waals surface area contributed by atoms with Gasteiger partial charge in [0.1, 0.15) is 0 Å². The summed E-state index contributed by atoms with van der Waals surface area (Å²) in [6, 6.07) is 14.4. The summed E-state index contributed by atoms with van der Waals surface area (Å²) in [5, 5.41) is -0.612. The Balaban J connectivity index is 1.55. The van der Waals surface area contributed by atoms with Gasteiger partial charge in [-0.15, -0.1) is 0 Å². The van der Waals surface area contributed by atoms with Crippen molar-refractivity contribution in [3.63, 3.8) is 0 Å². The third kappa shape index (κ3) is 4.09. The van der Waals surface area contributed by atoms with Crippen molar-refractivity contribution >= 4 is 27.7 Å². The molecule has 1 saturated heterocycles. The number of hydrogen-bond donors (Lipinski definition) is 0. The van der Waals surface area contributed by atoms with Crippen molar-refractivity contribution in [1.29, 1.82) is 0 Å². The molecule has 7 heteroatoms. The highest BCUT2D eigenvalue weighted by Crippen LogP contribution is 2.40. The topological polar surface area (TPSA) is 57.7 Å². The molecule has 2 aromatic carbocycles. The minimum Gasteiger partial charge on any atom is -0.342 e. The lowest BCUT2D eigenvalue weighted by Crippen LogP contribution is -2.38. The van der Waals surface area contributed by atoms with Gasteiger partial charge in [-0.2, -0.15) is 4.31 Å². The average molecular weight is 431 g/mol. The molecule has 2 aliphatic rings. The van der Waals surface area contributed by atoms with Crippen molar-refractivity contribution in [2.45, 2.75) is 41.7 Å². The quantitative estimate of drug-likeness (QED) is 0.636. The first kappa shape index (κ1) is 20.4. The summed E-state index contributed by atoms with van der Waals surface area (Å²) in [6.07, 6.45) is 1.50. The zero-order valence-electron chi connectivity index (χ0n) is 16.8. The molecule has 0 aromatic heterocycles. The number of amides is 1. The predicted octanol–water partition coefficient (Wildman–Crippen LogP) is 3.69. The number of rotatable bonds is 3. The van der Waals surface area contributed by atoms with Crippen LogP contribution in [0, 0.1) is 0 Å². The zero-order valence-corrected chi connectivity index (χ0v) is 18.4. The second kappa shape index (κ2) is 8.13. The summed E-state index contributed by atoms with van der Waals surface area (Å²) in [7, 11) is -3.49. The highest BCUT2D eigenvalue weighted by atomic mass is 32.2. The molecule has 2 heterocycles. The molecule has 5 nitrogen and oxygen atoms in total. The van der Waals surface area contributed by atoms with E-state index in [9.17, 15) is 13.2 Å². The zero-order chi connectivity index (χ0) is 20.6. The minimum atomic E-state index is -3.49. The normalized spacial score (nSPS) is 18.5. The van der Waals surface area contributed by atoms with Crippen LogP contribution >= 0.6 is 11.8 Å². The molecule has 1 unspecified atom stereocenters. The lowest BCUT2D eigenvalue weighted by Gasteiger charge is -2.26. The Kier molecular flexibility index (Phi) is 5.73. The summed E-state index contributed by atoms with van der Waals surface area (Å²) in [6.45, 7) is 5.21. The Bertz CT molecular complexity index is 1040. The molecule has 0 N–H and O–H groups in total. The van der Waals surface area contributed by atoms with Gasteiger partial charge < -0.3 is 4.90 Å². The number of fused-ring (bicyclic) bond motifs is 2. The van der Waals surface area contributed by atoms with Gasteiger partial charge in [0.25, 0.3) is 0 Å². The Morgan fingerprint density at radius 1 is 1.00 bits per heavy atom. The Morgan fingerprint density at radius 2 is 1.76 bits per heavy atom. The van der Waals surface area contributed by atoms with E-state index < -0.39 is 15.3 Å². The predicted molar refractivity (Wildman–Crippen MR) is 116 cm³/mol. The summed E-state index contributed by atoms with van der Waals surface area (Å²) in [5.41, 5.74) is 3.30. The Morgan fingerprint density at radius 3 is 2.55 bits per heavy atom. The summed E-state index contributed by atoms with van der Waals surface area (Å²) in [4.78, 5) is 15.8. The minimum absolute atomic E-state index is 0.00441. The van der Waals surface area contributed by atoms with Gasteiger partial charge in [0, 0.05) is 42.9 Å². The summed E-state index contributed by atoms with van der Waals surface area (Å²) < 4.78 is 28.2. The maximum absolute atomic E-state index is 13.3. The van der Waals surface area contributed by atoms with Gasteiger partial charge in [-0.3, -0.25) is 4.79 Å². The summed E-state index contributed by atoms with van der Waals surface area (Å²) in [5.74, 6) is 0.00441. The molecule has 1 amide bonds. The molecule has 1 atom stereocenters. The van der Waals surface area contributed by atoms with E-state index >= 15 is 0 Å². The van der Waals surface area contributed by atoms with E-state index in [2.05, 4.69) is 24.3 Å². The first-order chi connectivity index (χ1) is 13.9. The van der Waals surface area contributed by atoms with Crippen molar-refractivity contribution < 1.29 is 13.2 Å². The SMILES string of the molecule is CC(=O)N1CCCN(S(=O)(=O)C(C)c2ccc3c(c2)Cc2ccccc2S3)CC1. The van der Waals surface area contributed by atoms with Crippen LogP contribution in [0.25, 0.3) is 0 Å². The summed E-state index contributed by atoms with van der Waals surface area (Å²) >= 11 is 1.75. The molecule has 154 valence electrons. The molecule has 0 saturated carbocycles. The van der Waals surface area contributed by atoms with Crippen LogP contribution in [-0.4, -0.2) is 49.7 Å². The van der Waals surface area contributed by atoms with Gasteiger partial charge in [-0.1, -0.05) is 42.1 Å². The Hall–Kier alpha value is -1.83. The molecular formula is C22H26N2O3S2. The van der Waals surface area contributed by atoms with E-state index in [0.717, 1.165) is 12.0 Å². The Labute approximate surface area is 177 Å². The van der Waals surface area contributed by atoms with Crippen molar-refractivity contribution in [3.8, 4) is 0 Å². The number of benzene rings is 2. The molecule has 29 heavy (non-hydrogen) atoms. The fourth-order valence-corrected chi connectivity index (χ4v) is 6.73. The monoisotopic (exact) mass is 430 g/mol. The van der Waals surface area contributed by atoms with Crippen LogP contribution in [0.3, 0.4) is 0 Å². The highest BCUT2D eigenvalue weighted by Gasteiger charge is 2.32. The van der Waals surface area contributed by atoms with Crippen LogP contribution in [-0.2, 0) is 21.2 Å². The van der Waals surface area contributed by atoms with Crippen molar-refractivity contribution in [1.82, 2.24) is 9.21 Å². The lowest BCUT2D eigenvalue weighted by atomic mass is 10.0. The van der Waals surface area contributed by atoms with Gasteiger partial charge in [0.15, 0.2) is 0 Å². The van der Waals surface area contributed by atoms with Crippen molar-refractivity contribution in [2.75, 3.05) is 26.2 Å². The van der Waals surface area contributed by atoms with Crippen LogP contribution in [0.15, 0.2) is 52.3 Å². The molecule has 2 aromatic rings. The highest BCUT2D eigenvalue weighted by molar-refractivity contribution is 7.99. The van der Waals surface area contributed by atoms with Gasteiger partial charge in [-0.25, -0.2) is 8.42 Å². The average Bonchev–Trinajstić information content (AvgIpc) is 2.98. The fraction of sp³-hybridized carbons (Fsp3) is 0.409. The van der Waals surface area contributed by atoms with E-state index in [1.54, 1.807) is 27.9 Å². The second-order valence-corrected chi connectivity index (χ2v) is 11.0. The number of sulfonamides is 1. The van der Waals surface area contributed by atoms with Gasteiger partial charge in [0.2, 0.25) is 15.9 Å². The van der Waals surface area contributed by atoms with Crippen LogP contribution < -0.4 is 0 Å². The molecular weight excluding hydrogens is 404 g/mol. The van der Waals surface area contributed by atoms with Crippen molar-refractivity contribution in [3.05, 3.63) is 59.2 Å². The number of carbonyl (C=O) groups excluding carboxylic acids is 1. The number of nitrogens with zero attached hydrogens (tertiary/aromatic N) is 2. The fourth-order valence-electron chi connectivity index (χ4n) is 4.02. The van der Waals surface area contributed by atoms with Gasteiger partial charge >= 0.3 is 0 Å². The largest absolute Gasteiger partial charge is 0.342 e. The second-order valence-electron chi connectivity index (χ2n) is 7.70. The molecule has 4 rings (SSSR count). The molecule has 0 aliphatic carbocycles. The van der Waals surface area contributed by atoms with Gasteiger partial charge in [-0.05, 0) is 48.6 Å². The van der Waals surface area contributed by atoms with E-state index in [-0.39, 0.29) is 5.91 Å². The van der Waals surface area contributed by atoms with Crippen LogP contribution in [0.4, 0.5) is 0 Å². The van der Waals surface area contributed by atoms with E-state index in [0.29, 0.717) is 32.6 Å². The van der Waals surface area contributed by atoms with Gasteiger partial charge in [0.05, 0.1) is 5.25 Å². The third-order valence-electron chi connectivity index (χ3n) is 5.83. The first-order valence-electron chi connectivity index (χ1n) is 9.99. The molecule has 2 aliphatic heterocycles. The number of carbonyl (C=O) groups is 1. The van der Waals surface area contributed by atoms with E-state index in [1.807, 2.05) is 18.2 Å². The smallest absolute Gasteiger partial charge is 0.220 e. The van der Waals surface area contributed by atoms with E-state index in [4.69, 9.17) is 0 Å². The number of hydrogen-bond acceptors (Lipinski definition) is 4. The first-order valence-corrected chi connectivity index (χ1v) is 12.3. The molecule has 0 radical (unpaired) electrons. The molecule has 0 spiro atoms. The maximum atomic E-state index is 13.3. The standard InChI is InChI=1S/C22H26N2O3S2/c1-16(29(26,27)24-11-5-10-23(12-13-24)17(2)25)18-8-9-22-20(14-18)15-19-6-3-4-7-21(19)28-22/h3-4,6-9,14,16H,5,10-13,15H2,1-2H3. The molecule has 0 bridgehead atoms. The van der Waals surface area contributed by atoms with Crippen LogP contribution in [0.1, 0.15) is 42.2 Å². The third-order valence-corrected chi connectivity index (χ3v) is 9.32. The lowest BCUT2D eigenvalue weighted by molar-refractivity contribution is -0.128. The van der Waals surface area contributed by atoms with Crippen LogP contribution in [0.5, 0.6) is 0 Å². The van der Waals surface area contributed by atoms with Crippen molar-refractivity contribution in [2.24, 2.45) is 0 Å². The maximum Gasteiger partial charge on any atom is 0.220 e. The van der Waals surface area contributed by atoms with Crippen LogP contribution in [0.2, 0.25) is 0 Å². The molecule has 1 fully saturated rings. The van der Waals surface area contributed by atoms with E-state index in [1.165, 1.54) is 27.8 Å².